The first-order chi connectivity index (χ1) is 6.17. The molecule has 1 N–H and O–H groups in total. The van der Waals surface area contributed by atoms with E-state index in [1.54, 1.807) is 26.3 Å². The Bertz CT molecular complexity index is 197. The fourth-order valence-corrected chi connectivity index (χ4v) is 1.53. The maximum atomic E-state index is 11.3. The summed E-state index contributed by atoms with van der Waals surface area (Å²) in [5.41, 5.74) is 0.762. The van der Waals surface area contributed by atoms with Gasteiger partial charge in [0.15, 0.2) is 0 Å². The van der Waals surface area contributed by atoms with Crippen molar-refractivity contribution in [1.29, 1.82) is 0 Å². The van der Waals surface area contributed by atoms with E-state index in [-0.39, 0.29) is 11.9 Å². The van der Waals surface area contributed by atoms with Crippen molar-refractivity contribution in [2.75, 3.05) is 13.7 Å². The van der Waals surface area contributed by atoms with Crippen LogP contribution >= 0.6 is 21.7 Å². The van der Waals surface area contributed by atoms with Crippen molar-refractivity contribution in [2.24, 2.45) is 5.92 Å². The molecule has 76 valence electrons. The van der Waals surface area contributed by atoms with E-state index in [0.717, 1.165) is 16.7 Å². The fourth-order valence-electron chi connectivity index (χ4n) is 0.820. The predicted octanol–water partition coefficient (Wildman–Crippen LogP) is 2.13. The largest absolute Gasteiger partial charge is 0.465 e. The lowest BCUT2D eigenvalue weighted by molar-refractivity contribution is -0.146. The van der Waals surface area contributed by atoms with Crippen molar-refractivity contribution in [3.8, 4) is 0 Å². The van der Waals surface area contributed by atoms with Crippen molar-refractivity contribution in [1.82, 2.24) is 5.32 Å². The molecule has 0 fully saturated rings. The van der Waals surface area contributed by atoms with Gasteiger partial charge in [-0.25, -0.2) is 0 Å². The number of hydrogen-bond donors (Lipinski definition) is 1. The fraction of sp³-hybridized carbons (Fsp3) is 0.625. The van der Waals surface area contributed by atoms with E-state index in [9.17, 15) is 4.79 Å². The second kappa shape index (κ2) is 7.09. The van der Waals surface area contributed by atoms with Crippen molar-refractivity contribution in [2.45, 2.75) is 13.8 Å². The van der Waals surface area contributed by atoms with E-state index in [2.05, 4.69) is 5.32 Å². The van der Waals surface area contributed by atoms with Crippen LogP contribution < -0.4 is 5.32 Å². The van der Waals surface area contributed by atoms with Crippen molar-refractivity contribution in [3.05, 3.63) is 11.1 Å². The maximum absolute atomic E-state index is 11.3. The summed E-state index contributed by atoms with van der Waals surface area (Å²) < 4.78 is 4.86. The highest BCUT2D eigenvalue weighted by atomic mass is 35.7. The third kappa shape index (κ3) is 4.43. The monoisotopic (exact) mass is 223 g/mol. The van der Waals surface area contributed by atoms with E-state index in [1.165, 1.54) is 0 Å². The van der Waals surface area contributed by atoms with Gasteiger partial charge in [0.1, 0.15) is 0 Å². The molecule has 1 unspecified atom stereocenters. The molecule has 0 aliphatic heterocycles. The highest BCUT2D eigenvalue weighted by molar-refractivity contribution is 8.23. The van der Waals surface area contributed by atoms with E-state index in [4.69, 9.17) is 15.4 Å². The van der Waals surface area contributed by atoms with E-state index in [0.29, 0.717) is 6.61 Å². The van der Waals surface area contributed by atoms with Crippen LogP contribution in [0.25, 0.3) is 0 Å². The minimum atomic E-state index is -0.295. The smallest absolute Gasteiger partial charge is 0.314 e. The molecule has 1 atom stereocenters. The van der Waals surface area contributed by atoms with Crippen molar-refractivity contribution < 1.29 is 9.53 Å². The van der Waals surface area contributed by atoms with Crippen LogP contribution in [0.15, 0.2) is 11.1 Å². The molecule has 0 aliphatic carbocycles. The molecule has 0 heterocycles. The van der Waals surface area contributed by atoms with Crippen LogP contribution in [0.5, 0.6) is 0 Å². The zero-order valence-electron chi connectivity index (χ0n) is 7.96. The Hall–Kier alpha value is -0.350. The molecule has 0 amide bonds. The van der Waals surface area contributed by atoms with Gasteiger partial charge >= 0.3 is 5.97 Å². The van der Waals surface area contributed by atoms with Gasteiger partial charge < -0.3 is 10.1 Å². The lowest BCUT2D eigenvalue weighted by atomic mass is 10.1. The molecule has 0 aliphatic rings. The minimum absolute atomic E-state index is 0.242. The molecular formula is C8H14ClNO2S. The van der Waals surface area contributed by atoms with Crippen LogP contribution in [0.3, 0.4) is 0 Å². The number of carbonyl (C=O) groups is 1. The van der Waals surface area contributed by atoms with Gasteiger partial charge in [-0.3, -0.25) is 4.79 Å². The second-order valence-electron chi connectivity index (χ2n) is 2.39. The Labute approximate surface area is 87.4 Å². The van der Waals surface area contributed by atoms with E-state index >= 15 is 0 Å². The van der Waals surface area contributed by atoms with Crippen LogP contribution in [-0.4, -0.2) is 19.6 Å². The SMILES string of the molecule is CCOC(=O)C(C)/C(=C/SCl)NC. The van der Waals surface area contributed by atoms with Gasteiger partial charge in [-0.2, -0.15) is 0 Å². The third-order valence-corrected chi connectivity index (χ3v) is 2.18. The molecule has 3 nitrogen and oxygen atoms in total. The van der Waals surface area contributed by atoms with Gasteiger partial charge in [-0.05, 0) is 35.5 Å². The normalized spacial score (nSPS) is 13.7. The summed E-state index contributed by atoms with van der Waals surface area (Å²) in [6.07, 6.45) is 0. The lowest BCUT2D eigenvalue weighted by Crippen LogP contribution is -2.23. The molecule has 0 rings (SSSR count). The summed E-state index contributed by atoms with van der Waals surface area (Å²) in [5.74, 6) is -0.537. The first kappa shape index (κ1) is 12.7. The Balaban J connectivity index is 4.27. The summed E-state index contributed by atoms with van der Waals surface area (Å²) in [7, 11) is 8.23. The molecular weight excluding hydrogens is 210 g/mol. The molecule has 0 radical (unpaired) electrons. The molecule has 0 aromatic rings. The van der Waals surface area contributed by atoms with Crippen LogP contribution in [0.2, 0.25) is 0 Å². The molecule has 13 heavy (non-hydrogen) atoms. The van der Waals surface area contributed by atoms with Crippen LogP contribution in [0.1, 0.15) is 13.8 Å². The average Bonchev–Trinajstić information content (AvgIpc) is 2.13. The Morgan fingerprint density at radius 2 is 2.38 bits per heavy atom. The number of hydrogen-bond acceptors (Lipinski definition) is 4. The van der Waals surface area contributed by atoms with Gasteiger partial charge in [0.25, 0.3) is 0 Å². The summed E-state index contributed by atoms with van der Waals surface area (Å²) >= 11 is 0. The number of rotatable bonds is 5. The number of halogens is 1. The average molecular weight is 224 g/mol. The number of nitrogens with one attached hydrogen (secondary N) is 1. The van der Waals surface area contributed by atoms with Gasteiger partial charge in [0.2, 0.25) is 0 Å². The molecule has 5 heteroatoms. The number of esters is 1. The van der Waals surface area contributed by atoms with Gasteiger partial charge in [-0.1, -0.05) is 0 Å². The zero-order chi connectivity index (χ0) is 10.3. The topological polar surface area (TPSA) is 38.3 Å². The Morgan fingerprint density at radius 1 is 1.77 bits per heavy atom. The zero-order valence-corrected chi connectivity index (χ0v) is 9.54. The number of ether oxygens (including phenoxy) is 1. The third-order valence-electron chi connectivity index (χ3n) is 1.57. The first-order valence-corrected chi connectivity index (χ1v) is 5.69. The Morgan fingerprint density at radius 3 is 2.77 bits per heavy atom. The molecule has 0 bridgehead atoms. The highest BCUT2D eigenvalue weighted by Gasteiger charge is 2.17. The van der Waals surface area contributed by atoms with Crippen molar-refractivity contribution in [3.63, 3.8) is 0 Å². The molecule has 0 spiro atoms. The molecule has 0 aromatic carbocycles. The minimum Gasteiger partial charge on any atom is -0.465 e. The summed E-state index contributed by atoms with van der Waals surface area (Å²) in [4.78, 5) is 11.3. The van der Waals surface area contributed by atoms with Crippen LogP contribution in [0, 0.1) is 5.92 Å². The summed E-state index contributed by atoms with van der Waals surface area (Å²) in [6, 6.07) is 0. The van der Waals surface area contributed by atoms with E-state index < -0.39 is 0 Å². The predicted molar refractivity (Wildman–Crippen MR) is 56.4 cm³/mol. The Kier molecular flexibility index (Phi) is 6.90. The van der Waals surface area contributed by atoms with Crippen LogP contribution in [-0.2, 0) is 9.53 Å². The van der Waals surface area contributed by atoms with Gasteiger partial charge in [0.05, 0.1) is 12.5 Å². The van der Waals surface area contributed by atoms with Crippen molar-refractivity contribution >= 4 is 27.6 Å². The molecule has 0 saturated heterocycles. The van der Waals surface area contributed by atoms with Crippen LogP contribution in [0.4, 0.5) is 0 Å². The van der Waals surface area contributed by atoms with E-state index in [1.807, 2.05) is 0 Å². The van der Waals surface area contributed by atoms with Gasteiger partial charge in [-0.15, -0.1) is 0 Å². The molecule has 0 aromatic heterocycles. The standard InChI is InChI=1S/C8H14ClNO2S/c1-4-12-8(11)6(2)7(10-3)5-13-9/h5-6,10H,4H2,1-3H3/b7-5-. The summed E-state index contributed by atoms with van der Waals surface area (Å²) in [5, 5.41) is 4.58. The quantitative estimate of drug-likeness (QED) is 0.725. The molecule has 0 saturated carbocycles. The lowest BCUT2D eigenvalue weighted by Gasteiger charge is -2.13. The van der Waals surface area contributed by atoms with Gasteiger partial charge in [0, 0.05) is 18.2 Å². The maximum Gasteiger partial charge on any atom is 0.314 e. The highest BCUT2D eigenvalue weighted by Crippen LogP contribution is 2.16. The second-order valence-corrected chi connectivity index (χ2v) is 3.33. The summed E-state index contributed by atoms with van der Waals surface area (Å²) in [6.45, 7) is 3.95. The number of carbonyl (C=O) groups excluding carboxylic acids is 1. The first-order valence-electron chi connectivity index (χ1n) is 3.99.